The second kappa shape index (κ2) is 6.33. The van der Waals surface area contributed by atoms with Gasteiger partial charge in [-0.25, -0.2) is 13.1 Å². The second-order valence-corrected chi connectivity index (χ2v) is 6.84. The molecule has 0 saturated heterocycles. The maximum absolute atomic E-state index is 12.2. The first-order chi connectivity index (χ1) is 9.83. The summed E-state index contributed by atoms with van der Waals surface area (Å²) in [6.45, 7) is 1.28. The number of rotatable bonds is 5. The molecule has 6 nitrogen and oxygen atoms in total. The Kier molecular flexibility index (Phi) is 4.90. The zero-order valence-corrected chi connectivity index (χ0v) is 13.3. The first-order valence-electron chi connectivity index (χ1n) is 5.84. The molecule has 0 unspecified atom stereocenters. The van der Waals surface area contributed by atoms with E-state index in [1.807, 2.05) is 0 Å². The standard InChI is InChI=1S/C12H12Cl2N2O4S/c1-7-2-9(16-20-7)5-15-21(18,19)12-3-8(6-17)10(13)4-11(12)14/h2-4,15,17H,5-6H2,1H3. The number of sulfonamides is 1. The summed E-state index contributed by atoms with van der Waals surface area (Å²) in [7, 11) is -3.86. The van der Waals surface area contributed by atoms with Gasteiger partial charge >= 0.3 is 0 Å². The molecule has 0 radical (unpaired) electrons. The van der Waals surface area contributed by atoms with Crippen LogP contribution in [0.5, 0.6) is 0 Å². The van der Waals surface area contributed by atoms with Gasteiger partial charge in [-0.1, -0.05) is 28.4 Å². The van der Waals surface area contributed by atoms with Crippen LogP contribution in [-0.2, 0) is 23.2 Å². The summed E-state index contributed by atoms with van der Waals surface area (Å²) in [5.74, 6) is 0.580. The molecule has 21 heavy (non-hydrogen) atoms. The van der Waals surface area contributed by atoms with Crippen molar-refractivity contribution in [1.29, 1.82) is 0 Å². The number of halogens is 2. The van der Waals surface area contributed by atoms with Gasteiger partial charge in [-0.3, -0.25) is 0 Å². The Labute approximate surface area is 131 Å². The summed E-state index contributed by atoms with van der Waals surface area (Å²) < 4.78 is 31.7. The molecule has 0 saturated carbocycles. The lowest BCUT2D eigenvalue weighted by molar-refractivity contribution is 0.281. The van der Waals surface area contributed by atoms with Gasteiger partial charge in [0.05, 0.1) is 23.9 Å². The lowest BCUT2D eigenvalue weighted by Gasteiger charge is -2.10. The minimum Gasteiger partial charge on any atom is -0.392 e. The van der Waals surface area contributed by atoms with Crippen molar-refractivity contribution in [3.8, 4) is 0 Å². The summed E-state index contributed by atoms with van der Waals surface area (Å²) >= 11 is 11.8. The maximum Gasteiger partial charge on any atom is 0.242 e. The van der Waals surface area contributed by atoms with E-state index < -0.39 is 10.0 Å². The Morgan fingerprint density at radius 3 is 2.57 bits per heavy atom. The largest absolute Gasteiger partial charge is 0.392 e. The first-order valence-corrected chi connectivity index (χ1v) is 8.08. The van der Waals surface area contributed by atoms with Crippen molar-refractivity contribution in [2.24, 2.45) is 0 Å². The molecule has 1 aromatic carbocycles. The third-order valence-electron chi connectivity index (χ3n) is 2.68. The molecule has 0 aliphatic carbocycles. The number of benzene rings is 1. The molecule has 0 aliphatic rings. The predicted octanol–water partition coefficient (Wildman–Crippen LogP) is 2.26. The number of aliphatic hydroxyl groups excluding tert-OH is 1. The smallest absolute Gasteiger partial charge is 0.242 e. The van der Waals surface area contributed by atoms with Gasteiger partial charge in [0.25, 0.3) is 0 Å². The van der Waals surface area contributed by atoms with Gasteiger partial charge in [0.15, 0.2) is 0 Å². The molecule has 114 valence electrons. The number of aromatic nitrogens is 1. The molecule has 2 N–H and O–H groups in total. The summed E-state index contributed by atoms with van der Waals surface area (Å²) in [6, 6.07) is 4.13. The maximum atomic E-state index is 12.2. The summed E-state index contributed by atoms with van der Waals surface area (Å²) in [6.07, 6.45) is 0. The van der Waals surface area contributed by atoms with E-state index >= 15 is 0 Å². The Balaban J connectivity index is 2.27. The van der Waals surface area contributed by atoms with Crippen LogP contribution in [0, 0.1) is 6.92 Å². The molecule has 1 heterocycles. The van der Waals surface area contributed by atoms with E-state index in [1.165, 1.54) is 12.1 Å². The molecule has 2 aromatic rings. The van der Waals surface area contributed by atoms with Gasteiger partial charge in [0, 0.05) is 11.1 Å². The minimum absolute atomic E-state index is 0.0268. The Morgan fingerprint density at radius 1 is 1.29 bits per heavy atom. The van der Waals surface area contributed by atoms with Crippen LogP contribution in [0.2, 0.25) is 10.0 Å². The second-order valence-electron chi connectivity index (χ2n) is 4.29. The van der Waals surface area contributed by atoms with Gasteiger partial charge in [-0.2, -0.15) is 0 Å². The Morgan fingerprint density at radius 2 is 2.00 bits per heavy atom. The van der Waals surface area contributed by atoms with Crippen LogP contribution in [0.15, 0.2) is 27.6 Å². The van der Waals surface area contributed by atoms with E-state index in [2.05, 4.69) is 9.88 Å². The molecule has 0 amide bonds. The van der Waals surface area contributed by atoms with E-state index in [9.17, 15) is 8.42 Å². The average Bonchev–Trinajstić information content (AvgIpc) is 2.82. The molecular formula is C12H12Cl2N2O4S. The van der Waals surface area contributed by atoms with Gasteiger partial charge in [0.2, 0.25) is 10.0 Å². The molecule has 0 fully saturated rings. The van der Waals surface area contributed by atoms with Crippen molar-refractivity contribution in [1.82, 2.24) is 9.88 Å². The molecule has 2 rings (SSSR count). The SMILES string of the molecule is Cc1cc(CNS(=O)(=O)c2cc(CO)c(Cl)cc2Cl)no1. The van der Waals surface area contributed by atoms with Crippen molar-refractivity contribution in [2.75, 3.05) is 0 Å². The third-order valence-corrected chi connectivity index (χ3v) is 4.90. The van der Waals surface area contributed by atoms with E-state index in [1.54, 1.807) is 13.0 Å². The van der Waals surface area contributed by atoms with Gasteiger partial charge in [-0.05, 0) is 24.6 Å². The van der Waals surface area contributed by atoms with Crippen molar-refractivity contribution in [3.63, 3.8) is 0 Å². The topological polar surface area (TPSA) is 92.4 Å². The van der Waals surface area contributed by atoms with Crippen LogP contribution in [0.1, 0.15) is 17.0 Å². The van der Waals surface area contributed by atoms with E-state index in [0.29, 0.717) is 11.5 Å². The number of nitrogens with zero attached hydrogens (tertiary/aromatic N) is 1. The number of nitrogens with one attached hydrogen (secondary N) is 1. The van der Waals surface area contributed by atoms with Crippen LogP contribution in [0.4, 0.5) is 0 Å². The quantitative estimate of drug-likeness (QED) is 0.862. The fourth-order valence-corrected chi connectivity index (χ4v) is 3.50. The van der Waals surface area contributed by atoms with Gasteiger partial charge in [0.1, 0.15) is 10.7 Å². The van der Waals surface area contributed by atoms with Crippen LogP contribution in [-0.4, -0.2) is 18.7 Å². The fourth-order valence-electron chi connectivity index (χ4n) is 1.65. The molecule has 1 aromatic heterocycles. The Hall–Kier alpha value is -1.12. The van der Waals surface area contributed by atoms with Gasteiger partial charge in [-0.15, -0.1) is 0 Å². The van der Waals surface area contributed by atoms with Crippen LogP contribution >= 0.6 is 23.2 Å². The first kappa shape index (κ1) is 16.3. The lowest BCUT2D eigenvalue weighted by atomic mass is 10.2. The van der Waals surface area contributed by atoms with Crippen LogP contribution in [0.3, 0.4) is 0 Å². The average molecular weight is 351 g/mol. The molecular weight excluding hydrogens is 339 g/mol. The molecule has 0 spiro atoms. The lowest BCUT2D eigenvalue weighted by Crippen LogP contribution is -2.24. The highest BCUT2D eigenvalue weighted by atomic mass is 35.5. The number of aliphatic hydroxyl groups is 1. The zero-order valence-electron chi connectivity index (χ0n) is 10.9. The molecule has 9 heteroatoms. The minimum atomic E-state index is -3.86. The van der Waals surface area contributed by atoms with E-state index in [4.69, 9.17) is 32.8 Å². The summed E-state index contributed by atoms with van der Waals surface area (Å²) in [4.78, 5) is -0.155. The molecule has 0 atom stereocenters. The van der Waals surface area contributed by atoms with Crippen molar-refractivity contribution >= 4 is 33.2 Å². The third kappa shape index (κ3) is 3.75. The Bertz CT molecular complexity index is 759. The number of hydrogen-bond donors (Lipinski definition) is 2. The van der Waals surface area contributed by atoms with Crippen LogP contribution in [0.25, 0.3) is 0 Å². The van der Waals surface area contributed by atoms with E-state index in [-0.39, 0.29) is 33.7 Å². The fraction of sp³-hybridized carbons (Fsp3) is 0.250. The van der Waals surface area contributed by atoms with Crippen LogP contribution < -0.4 is 4.72 Å². The van der Waals surface area contributed by atoms with Gasteiger partial charge < -0.3 is 9.63 Å². The zero-order chi connectivity index (χ0) is 15.6. The highest BCUT2D eigenvalue weighted by molar-refractivity contribution is 7.89. The van der Waals surface area contributed by atoms with E-state index in [0.717, 1.165) is 0 Å². The number of aryl methyl sites for hydroxylation is 1. The summed E-state index contributed by atoms with van der Waals surface area (Å²) in [5, 5.41) is 13.0. The molecule has 0 aliphatic heterocycles. The summed E-state index contributed by atoms with van der Waals surface area (Å²) in [5.41, 5.74) is 0.724. The van der Waals surface area contributed by atoms with Crippen molar-refractivity contribution in [2.45, 2.75) is 25.0 Å². The highest BCUT2D eigenvalue weighted by Gasteiger charge is 2.20. The van der Waals surface area contributed by atoms with Crippen molar-refractivity contribution in [3.05, 3.63) is 45.3 Å². The number of hydrogen-bond acceptors (Lipinski definition) is 5. The monoisotopic (exact) mass is 350 g/mol. The predicted molar refractivity (Wildman–Crippen MR) is 77.7 cm³/mol. The van der Waals surface area contributed by atoms with Crippen molar-refractivity contribution < 1.29 is 18.0 Å². The highest BCUT2D eigenvalue weighted by Crippen LogP contribution is 2.28. The normalized spacial score (nSPS) is 11.8. The molecule has 0 bridgehead atoms.